The molecule has 0 unspecified atom stereocenters. The van der Waals surface area contributed by atoms with E-state index in [0.29, 0.717) is 17.5 Å². The van der Waals surface area contributed by atoms with E-state index in [9.17, 15) is 0 Å². The van der Waals surface area contributed by atoms with Crippen molar-refractivity contribution in [2.45, 2.75) is 23.5 Å². The van der Waals surface area contributed by atoms with Gasteiger partial charge >= 0.3 is 0 Å². The van der Waals surface area contributed by atoms with Gasteiger partial charge in [-0.05, 0) is 19.1 Å². The summed E-state index contributed by atoms with van der Waals surface area (Å²) in [6.45, 7) is 2.07. The van der Waals surface area contributed by atoms with Crippen LogP contribution in [-0.2, 0) is 11.6 Å². The molecule has 3 nitrogen and oxygen atoms in total. The van der Waals surface area contributed by atoms with Gasteiger partial charge in [-0.3, -0.25) is 0 Å². The van der Waals surface area contributed by atoms with Crippen LogP contribution in [0.2, 0.25) is 0 Å². The first-order valence-electron chi connectivity index (χ1n) is 4.85. The normalized spacial score (nSPS) is 10.6. The SMILES string of the molecule is Cc1cccc(SCc2noc(CCl)n2)c1. The first-order valence-corrected chi connectivity index (χ1v) is 6.37. The molecule has 0 bridgehead atoms. The lowest BCUT2D eigenvalue weighted by atomic mass is 10.2. The Balaban J connectivity index is 1.96. The summed E-state index contributed by atoms with van der Waals surface area (Å²) >= 11 is 7.26. The van der Waals surface area contributed by atoms with Gasteiger partial charge in [0.05, 0.1) is 5.75 Å². The fourth-order valence-corrected chi connectivity index (χ4v) is 2.22. The lowest BCUT2D eigenvalue weighted by molar-refractivity contribution is 0.386. The molecule has 0 amide bonds. The van der Waals surface area contributed by atoms with Gasteiger partial charge in [0.1, 0.15) is 5.88 Å². The van der Waals surface area contributed by atoms with E-state index in [1.807, 2.05) is 6.07 Å². The average Bonchev–Trinajstić information content (AvgIpc) is 2.74. The van der Waals surface area contributed by atoms with E-state index in [4.69, 9.17) is 16.1 Å². The molecule has 0 saturated carbocycles. The minimum Gasteiger partial charge on any atom is -0.338 e. The minimum atomic E-state index is 0.266. The molecular weight excluding hydrogens is 244 g/mol. The van der Waals surface area contributed by atoms with E-state index >= 15 is 0 Å². The summed E-state index contributed by atoms with van der Waals surface area (Å²) in [5.41, 5.74) is 1.25. The fourth-order valence-electron chi connectivity index (χ4n) is 1.26. The maximum atomic E-state index is 5.58. The molecule has 0 aliphatic rings. The van der Waals surface area contributed by atoms with E-state index in [2.05, 4.69) is 35.3 Å². The highest BCUT2D eigenvalue weighted by molar-refractivity contribution is 7.98. The monoisotopic (exact) mass is 254 g/mol. The summed E-state index contributed by atoms with van der Waals surface area (Å²) in [7, 11) is 0. The van der Waals surface area contributed by atoms with E-state index in [-0.39, 0.29) is 5.88 Å². The third kappa shape index (κ3) is 3.00. The van der Waals surface area contributed by atoms with Crippen molar-refractivity contribution in [1.82, 2.24) is 10.1 Å². The zero-order valence-electron chi connectivity index (χ0n) is 8.81. The molecule has 0 fully saturated rings. The summed E-state index contributed by atoms with van der Waals surface area (Å²) in [6.07, 6.45) is 0. The first-order chi connectivity index (χ1) is 7.78. The Kier molecular flexibility index (Phi) is 3.85. The Morgan fingerprint density at radius 2 is 2.31 bits per heavy atom. The van der Waals surface area contributed by atoms with Crippen molar-refractivity contribution in [1.29, 1.82) is 0 Å². The van der Waals surface area contributed by atoms with Crippen molar-refractivity contribution >= 4 is 23.4 Å². The second-order valence-electron chi connectivity index (χ2n) is 3.34. The van der Waals surface area contributed by atoms with Crippen LogP contribution in [0.5, 0.6) is 0 Å². The number of rotatable bonds is 4. The number of benzene rings is 1. The van der Waals surface area contributed by atoms with Gasteiger partial charge < -0.3 is 4.52 Å². The summed E-state index contributed by atoms with van der Waals surface area (Å²) < 4.78 is 4.92. The van der Waals surface area contributed by atoms with Crippen molar-refractivity contribution in [3.63, 3.8) is 0 Å². The number of nitrogens with zero attached hydrogens (tertiary/aromatic N) is 2. The number of hydrogen-bond donors (Lipinski definition) is 0. The third-order valence-electron chi connectivity index (χ3n) is 1.98. The predicted octanol–water partition coefficient (Wildman–Crippen LogP) is 3.41. The largest absolute Gasteiger partial charge is 0.338 e. The van der Waals surface area contributed by atoms with Gasteiger partial charge in [-0.15, -0.1) is 23.4 Å². The van der Waals surface area contributed by atoms with Crippen molar-refractivity contribution in [3.05, 3.63) is 41.5 Å². The Labute approximate surface area is 103 Å². The summed E-state index contributed by atoms with van der Waals surface area (Å²) in [6, 6.07) is 8.31. The van der Waals surface area contributed by atoms with Crippen LogP contribution in [0.15, 0.2) is 33.7 Å². The molecule has 84 valence electrons. The van der Waals surface area contributed by atoms with Crippen LogP contribution < -0.4 is 0 Å². The van der Waals surface area contributed by atoms with Gasteiger partial charge in [0.2, 0.25) is 5.89 Å². The smallest absolute Gasteiger partial charge is 0.241 e. The molecule has 1 aromatic heterocycles. The van der Waals surface area contributed by atoms with Gasteiger partial charge in [-0.25, -0.2) is 0 Å². The maximum absolute atomic E-state index is 5.58. The summed E-state index contributed by atoms with van der Waals surface area (Å²) in [4.78, 5) is 5.34. The molecule has 0 radical (unpaired) electrons. The van der Waals surface area contributed by atoms with Gasteiger partial charge in [0.15, 0.2) is 5.82 Å². The second kappa shape index (κ2) is 5.37. The Morgan fingerprint density at radius 1 is 1.44 bits per heavy atom. The lowest BCUT2D eigenvalue weighted by Gasteiger charge is -1.99. The van der Waals surface area contributed by atoms with Crippen LogP contribution in [0, 0.1) is 6.92 Å². The molecule has 16 heavy (non-hydrogen) atoms. The summed E-state index contributed by atoms with van der Waals surface area (Å²) in [5.74, 6) is 2.12. The number of thioether (sulfide) groups is 1. The predicted molar refractivity (Wildman–Crippen MR) is 64.6 cm³/mol. The molecule has 1 aromatic carbocycles. The topological polar surface area (TPSA) is 38.9 Å². The van der Waals surface area contributed by atoms with Crippen molar-refractivity contribution in [3.8, 4) is 0 Å². The molecule has 0 spiro atoms. The Hall–Kier alpha value is -1.00. The molecule has 0 aliphatic carbocycles. The zero-order valence-corrected chi connectivity index (χ0v) is 10.4. The molecule has 0 aliphatic heterocycles. The number of halogens is 1. The molecular formula is C11H11ClN2OS. The van der Waals surface area contributed by atoms with Crippen molar-refractivity contribution in [2.24, 2.45) is 0 Å². The van der Waals surface area contributed by atoms with Gasteiger partial charge in [-0.2, -0.15) is 4.98 Å². The van der Waals surface area contributed by atoms with E-state index in [1.165, 1.54) is 10.5 Å². The number of alkyl halides is 1. The van der Waals surface area contributed by atoms with Crippen molar-refractivity contribution in [2.75, 3.05) is 0 Å². The maximum Gasteiger partial charge on any atom is 0.241 e. The molecule has 2 rings (SSSR count). The van der Waals surface area contributed by atoms with Crippen LogP contribution in [0.4, 0.5) is 0 Å². The van der Waals surface area contributed by atoms with Crippen LogP contribution in [0.3, 0.4) is 0 Å². The highest BCUT2D eigenvalue weighted by Gasteiger charge is 2.05. The highest BCUT2D eigenvalue weighted by Crippen LogP contribution is 2.22. The van der Waals surface area contributed by atoms with Crippen molar-refractivity contribution < 1.29 is 4.52 Å². The molecule has 0 saturated heterocycles. The Morgan fingerprint density at radius 3 is 3.00 bits per heavy atom. The number of aryl methyl sites for hydroxylation is 1. The van der Waals surface area contributed by atoms with Gasteiger partial charge in [0.25, 0.3) is 0 Å². The van der Waals surface area contributed by atoms with E-state index < -0.39 is 0 Å². The molecule has 0 N–H and O–H groups in total. The van der Waals surface area contributed by atoms with Crippen LogP contribution in [0.1, 0.15) is 17.3 Å². The van der Waals surface area contributed by atoms with Crippen LogP contribution in [-0.4, -0.2) is 10.1 Å². The van der Waals surface area contributed by atoms with E-state index in [1.54, 1.807) is 11.8 Å². The number of hydrogen-bond acceptors (Lipinski definition) is 4. The fraction of sp³-hybridized carbons (Fsp3) is 0.273. The molecule has 2 aromatic rings. The highest BCUT2D eigenvalue weighted by atomic mass is 35.5. The molecule has 0 atom stereocenters. The van der Waals surface area contributed by atoms with Crippen LogP contribution >= 0.6 is 23.4 Å². The van der Waals surface area contributed by atoms with E-state index in [0.717, 1.165) is 0 Å². The second-order valence-corrected chi connectivity index (χ2v) is 4.66. The van der Waals surface area contributed by atoms with Crippen LogP contribution in [0.25, 0.3) is 0 Å². The standard InChI is InChI=1S/C11H11ClN2OS/c1-8-3-2-4-9(5-8)16-7-10-13-11(6-12)15-14-10/h2-5H,6-7H2,1H3. The van der Waals surface area contributed by atoms with Gasteiger partial charge in [0, 0.05) is 4.90 Å². The third-order valence-corrected chi connectivity index (χ3v) is 3.20. The quantitative estimate of drug-likeness (QED) is 0.619. The average molecular weight is 255 g/mol. The lowest BCUT2D eigenvalue weighted by Crippen LogP contribution is -1.84. The first kappa shape index (κ1) is 11.5. The number of aromatic nitrogens is 2. The molecule has 5 heteroatoms. The minimum absolute atomic E-state index is 0.266. The summed E-state index contributed by atoms with van der Waals surface area (Å²) in [5, 5.41) is 3.83. The zero-order chi connectivity index (χ0) is 11.4. The molecule has 1 heterocycles. The Bertz CT molecular complexity index is 473. The van der Waals surface area contributed by atoms with Gasteiger partial charge in [-0.1, -0.05) is 22.9 Å².